The first-order valence-electron chi connectivity index (χ1n) is 10.4. The second-order valence-corrected chi connectivity index (χ2v) is 9.95. The molecule has 2 aromatic rings. The number of amidine groups is 1. The van der Waals surface area contributed by atoms with Crippen LogP contribution < -0.4 is 0 Å². The van der Waals surface area contributed by atoms with Crippen LogP contribution >= 0.6 is 11.8 Å². The molecule has 0 unspecified atom stereocenters. The highest BCUT2D eigenvalue weighted by Crippen LogP contribution is 2.40. The Morgan fingerprint density at radius 2 is 1.62 bits per heavy atom. The van der Waals surface area contributed by atoms with Crippen LogP contribution in [-0.2, 0) is 14.9 Å². The van der Waals surface area contributed by atoms with E-state index in [1.165, 1.54) is 15.4 Å². The lowest BCUT2D eigenvalue weighted by Crippen LogP contribution is -2.49. The van der Waals surface area contributed by atoms with Gasteiger partial charge >= 0.3 is 0 Å². The topological polar surface area (TPSA) is 103 Å². The van der Waals surface area contributed by atoms with Crippen molar-refractivity contribution in [2.45, 2.75) is 9.79 Å². The molecule has 2 aromatic carbocycles. The average Bonchev–Trinajstić information content (AvgIpc) is 2.93. The van der Waals surface area contributed by atoms with E-state index in [4.69, 9.17) is 19.4 Å². The predicted molar refractivity (Wildman–Crippen MR) is 127 cm³/mol. The van der Waals surface area contributed by atoms with Gasteiger partial charge in [0.1, 0.15) is 5.84 Å². The van der Waals surface area contributed by atoms with Gasteiger partial charge in [-0.3, -0.25) is 9.45 Å². The molecule has 4 rings (SSSR count). The number of aliphatic hydroxyl groups is 1. The average molecular weight is 480 g/mol. The third-order valence-electron chi connectivity index (χ3n) is 4.90. The van der Waals surface area contributed by atoms with Crippen molar-refractivity contribution in [1.82, 2.24) is 9.80 Å². The van der Waals surface area contributed by atoms with Gasteiger partial charge in [0.2, 0.25) is 0 Å². The largest absolute Gasteiger partial charge is 0.394 e. The quantitative estimate of drug-likeness (QED) is 0.498. The van der Waals surface area contributed by atoms with Crippen LogP contribution in [0.1, 0.15) is 5.56 Å². The van der Waals surface area contributed by atoms with Gasteiger partial charge in [-0.15, -0.1) is 0 Å². The van der Waals surface area contributed by atoms with Gasteiger partial charge in [-0.25, -0.2) is 4.99 Å². The lowest BCUT2D eigenvalue weighted by atomic mass is 10.1. The minimum Gasteiger partial charge on any atom is -0.394 e. The van der Waals surface area contributed by atoms with Crippen LogP contribution in [-0.4, -0.2) is 92.5 Å². The second-order valence-electron chi connectivity index (χ2n) is 7.40. The van der Waals surface area contributed by atoms with Crippen molar-refractivity contribution in [3.63, 3.8) is 0 Å². The van der Waals surface area contributed by atoms with E-state index >= 15 is 0 Å². The highest BCUT2D eigenvalue weighted by molar-refractivity contribution is 7.99. The molecule has 0 atom stereocenters. The molecule has 174 valence electrons. The smallest absolute Gasteiger partial charge is 0.261 e. The maximum atomic E-state index is 9.19. The summed E-state index contributed by atoms with van der Waals surface area (Å²) in [5.74, 6) is 1.08. The van der Waals surface area contributed by atoms with Crippen molar-refractivity contribution in [3.05, 3.63) is 54.1 Å². The molecule has 0 saturated carbocycles. The fourth-order valence-electron chi connectivity index (χ4n) is 3.45. The van der Waals surface area contributed by atoms with E-state index < -0.39 is 10.1 Å². The molecule has 0 aromatic heterocycles. The number of fused-ring (bicyclic) bond motifs is 2. The van der Waals surface area contributed by atoms with Gasteiger partial charge in [-0.1, -0.05) is 42.1 Å². The molecule has 0 aliphatic carbocycles. The van der Waals surface area contributed by atoms with Gasteiger partial charge in [-0.2, -0.15) is 8.42 Å². The standard InChI is InChI=1S/C21H25N3O2S.CH4O3S/c25-14-16-26-15-13-23-9-11-24(12-10-23)21-17-5-1-3-7-19(17)27-20-8-4-2-6-18(20)22-21;1-5(2,3)4/h1-8,25H,9-16H2;1H3,(H,2,3,4). The lowest BCUT2D eigenvalue weighted by molar-refractivity contribution is 0.0652. The monoisotopic (exact) mass is 479 g/mol. The molecule has 1 saturated heterocycles. The number of ether oxygens (including phenoxy) is 1. The van der Waals surface area contributed by atoms with Gasteiger partial charge in [0, 0.05) is 48.1 Å². The fourth-order valence-corrected chi connectivity index (χ4v) is 4.47. The van der Waals surface area contributed by atoms with Gasteiger partial charge in [0.05, 0.1) is 31.8 Å². The molecule has 1 fully saturated rings. The Morgan fingerprint density at radius 3 is 2.31 bits per heavy atom. The lowest BCUT2D eigenvalue weighted by Gasteiger charge is -2.36. The summed E-state index contributed by atoms with van der Waals surface area (Å²) in [4.78, 5) is 12.4. The van der Waals surface area contributed by atoms with E-state index in [2.05, 4.69) is 58.3 Å². The van der Waals surface area contributed by atoms with Crippen molar-refractivity contribution >= 4 is 33.4 Å². The molecule has 32 heavy (non-hydrogen) atoms. The Morgan fingerprint density at radius 1 is 1.00 bits per heavy atom. The summed E-state index contributed by atoms with van der Waals surface area (Å²) in [6, 6.07) is 16.9. The van der Waals surface area contributed by atoms with Crippen LogP contribution in [0.4, 0.5) is 5.69 Å². The van der Waals surface area contributed by atoms with E-state index in [0.717, 1.165) is 44.2 Å². The Kier molecular flexibility index (Phi) is 9.09. The maximum absolute atomic E-state index is 9.19. The van der Waals surface area contributed by atoms with Gasteiger partial charge in [-0.05, 0) is 18.2 Å². The van der Waals surface area contributed by atoms with Crippen molar-refractivity contribution < 1.29 is 22.8 Å². The normalized spacial score (nSPS) is 16.2. The summed E-state index contributed by atoms with van der Waals surface area (Å²) in [5.41, 5.74) is 2.27. The van der Waals surface area contributed by atoms with Crippen molar-refractivity contribution in [1.29, 1.82) is 0 Å². The summed E-state index contributed by atoms with van der Waals surface area (Å²) in [7, 11) is -3.67. The zero-order valence-electron chi connectivity index (χ0n) is 18.1. The first-order valence-corrected chi connectivity index (χ1v) is 13.0. The summed E-state index contributed by atoms with van der Waals surface area (Å²) in [6.07, 6.45) is 0.715. The third kappa shape index (κ3) is 7.58. The fraction of sp³-hybridized carbons (Fsp3) is 0.409. The van der Waals surface area contributed by atoms with E-state index in [-0.39, 0.29) is 6.61 Å². The van der Waals surface area contributed by atoms with Gasteiger partial charge in [0.25, 0.3) is 10.1 Å². The number of nitrogens with zero attached hydrogens (tertiary/aromatic N) is 3. The Labute approximate surface area is 193 Å². The van der Waals surface area contributed by atoms with E-state index in [1.54, 1.807) is 11.8 Å². The number of rotatable bonds is 5. The van der Waals surface area contributed by atoms with Crippen LogP contribution in [0.25, 0.3) is 0 Å². The van der Waals surface area contributed by atoms with E-state index in [0.29, 0.717) is 19.5 Å². The van der Waals surface area contributed by atoms with Crippen LogP contribution in [0.3, 0.4) is 0 Å². The van der Waals surface area contributed by atoms with Gasteiger partial charge in [0.15, 0.2) is 0 Å². The first kappa shape index (κ1) is 24.7. The highest BCUT2D eigenvalue weighted by Gasteiger charge is 2.24. The summed E-state index contributed by atoms with van der Waals surface area (Å²) >= 11 is 1.80. The van der Waals surface area contributed by atoms with Crippen molar-refractivity contribution in [3.8, 4) is 0 Å². The predicted octanol–water partition coefficient (Wildman–Crippen LogP) is 2.36. The maximum Gasteiger partial charge on any atom is 0.261 e. The molecule has 2 N–H and O–H groups in total. The van der Waals surface area contributed by atoms with Gasteiger partial charge < -0.3 is 14.7 Å². The van der Waals surface area contributed by atoms with Crippen molar-refractivity contribution in [2.75, 3.05) is 58.8 Å². The van der Waals surface area contributed by atoms with E-state index in [9.17, 15) is 8.42 Å². The molecular weight excluding hydrogens is 450 g/mol. The molecular formula is C22H29N3O5S2. The number of aliphatic imine (C=N–C) groups is 1. The number of hydrogen-bond acceptors (Lipinski definition) is 8. The number of para-hydroxylation sites is 1. The summed E-state index contributed by atoms with van der Waals surface area (Å²) in [6.45, 7) is 6.01. The SMILES string of the molecule is CS(=O)(=O)O.OCCOCCN1CCN(C2=Nc3ccccc3Sc3ccccc32)CC1. The number of hydrogen-bond donors (Lipinski definition) is 2. The number of aliphatic hydroxyl groups excluding tert-OH is 1. The molecule has 2 aliphatic rings. The Bertz CT molecular complexity index is 1010. The molecule has 0 spiro atoms. The zero-order chi connectivity index (χ0) is 23.0. The van der Waals surface area contributed by atoms with E-state index in [1.807, 2.05) is 0 Å². The van der Waals surface area contributed by atoms with Crippen LogP contribution in [0.15, 0.2) is 63.3 Å². The summed E-state index contributed by atoms with van der Waals surface area (Å²) < 4.78 is 31.3. The summed E-state index contributed by atoms with van der Waals surface area (Å²) in [5, 5.41) is 8.79. The molecule has 0 amide bonds. The van der Waals surface area contributed by atoms with Crippen LogP contribution in [0, 0.1) is 0 Å². The molecule has 8 nitrogen and oxygen atoms in total. The van der Waals surface area contributed by atoms with Crippen molar-refractivity contribution in [2.24, 2.45) is 4.99 Å². The zero-order valence-corrected chi connectivity index (χ0v) is 19.7. The third-order valence-corrected chi connectivity index (χ3v) is 6.04. The number of piperazine rings is 1. The molecule has 0 radical (unpaired) electrons. The first-order chi connectivity index (χ1) is 15.3. The second kappa shape index (κ2) is 11.8. The minimum absolute atomic E-state index is 0.0898. The number of benzene rings is 2. The molecule has 2 heterocycles. The molecule has 2 aliphatic heterocycles. The van der Waals surface area contributed by atoms with Crippen LogP contribution in [0.5, 0.6) is 0 Å². The highest BCUT2D eigenvalue weighted by atomic mass is 32.2. The van der Waals surface area contributed by atoms with Crippen LogP contribution in [0.2, 0.25) is 0 Å². The Hall–Kier alpha value is -1.95. The molecule has 0 bridgehead atoms. The molecule has 10 heteroatoms. The minimum atomic E-state index is -3.67. The Balaban J connectivity index is 0.000000523.